The molecule has 2 aromatic rings. The van der Waals surface area contributed by atoms with Gasteiger partial charge in [-0.05, 0) is 37.0 Å². The van der Waals surface area contributed by atoms with Gasteiger partial charge in [0.1, 0.15) is 5.52 Å². The highest BCUT2D eigenvalue weighted by Crippen LogP contribution is 2.18. The number of amides is 1. The van der Waals surface area contributed by atoms with Crippen LogP contribution in [0.5, 0.6) is 0 Å². The minimum atomic E-state index is 0.0313. The molecule has 1 aromatic heterocycles. The second kappa shape index (κ2) is 6.33. The van der Waals surface area contributed by atoms with Gasteiger partial charge in [-0.2, -0.15) is 0 Å². The van der Waals surface area contributed by atoms with Crippen molar-refractivity contribution in [1.29, 1.82) is 0 Å². The Labute approximate surface area is 112 Å². The summed E-state index contributed by atoms with van der Waals surface area (Å²) < 4.78 is 5.50. The summed E-state index contributed by atoms with van der Waals surface area (Å²) in [6.45, 7) is 1.85. The molecule has 0 bridgehead atoms. The van der Waals surface area contributed by atoms with Gasteiger partial charge in [-0.15, -0.1) is 0 Å². The van der Waals surface area contributed by atoms with E-state index in [1.54, 1.807) is 7.05 Å². The Morgan fingerprint density at radius 1 is 1.37 bits per heavy atom. The number of benzene rings is 1. The van der Waals surface area contributed by atoms with Crippen molar-refractivity contribution in [2.45, 2.75) is 32.6 Å². The monoisotopic (exact) mass is 261 g/mol. The van der Waals surface area contributed by atoms with Crippen molar-refractivity contribution in [2.75, 3.05) is 7.05 Å². The molecule has 2 N–H and O–H groups in total. The first-order valence-corrected chi connectivity index (χ1v) is 6.50. The maximum atomic E-state index is 11.2. The van der Waals surface area contributed by atoms with Gasteiger partial charge in [0, 0.05) is 20.4 Å². The lowest BCUT2D eigenvalue weighted by Crippen LogP contribution is -2.33. The third-order valence-corrected chi connectivity index (χ3v) is 2.94. The Bertz CT molecular complexity index is 563. The number of oxazole rings is 1. The van der Waals surface area contributed by atoms with E-state index in [2.05, 4.69) is 21.9 Å². The fraction of sp³-hybridized carbons (Fsp3) is 0.429. The molecule has 0 fully saturated rings. The molecule has 5 heteroatoms. The Kier molecular flexibility index (Phi) is 4.52. The van der Waals surface area contributed by atoms with Gasteiger partial charge in [-0.25, -0.2) is 10.4 Å². The van der Waals surface area contributed by atoms with Crippen LogP contribution in [0, 0.1) is 6.92 Å². The molecule has 0 aliphatic heterocycles. The van der Waals surface area contributed by atoms with Crippen LogP contribution in [-0.2, 0) is 11.2 Å². The summed E-state index contributed by atoms with van der Waals surface area (Å²) in [5.41, 5.74) is 8.14. The molecule has 2 rings (SSSR count). The number of aryl methyl sites for hydroxylation is 2. The standard InChI is InChI=1S/C14H19N3O2/c1-10-16-12-8-7-11(9-13(12)19-10)5-3-4-6-14(18)17-15-2/h7-9,15H,3-6H2,1-2H3,(H,17,18). The van der Waals surface area contributed by atoms with Gasteiger partial charge in [-0.1, -0.05) is 6.07 Å². The molecule has 0 aliphatic rings. The van der Waals surface area contributed by atoms with Crippen LogP contribution in [0.1, 0.15) is 30.7 Å². The maximum absolute atomic E-state index is 11.2. The van der Waals surface area contributed by atoms with Gasteiger partial charge in [0.05, 0.1) is 0 Å². The summed E-state index contributed by atoms with van der Waals surface area (Å²) in [6, 6.07) is 6.08. The minimum absolute atomic E-state index is 0.0313. The van der Waals surface area contributed by atoms with Crippen molar-refractivity contribution >= 4 is 17.0 Å². The molecule has 0 saturated carbocycles. The Morgan fingerprint density at radius 3 is 3.00 bits per heavy atom. The largest absolute Gasteiger partial charge is 0.441 e. The summed E-state index contributed by atoms with van der Waals surface area (Å²) in [5.74, 6) is 0.722. The first-order chi connectivity index (χ1) is 9.19. The molecule has 0 atom stereocenters. The molecule has 19 heavy (non-hydrogen) atoms. The van der Waals surface area contributed by atoms with Crippen LogP contribution in [0.4, 0.5) is 0 Å². The van der Waals surface area contributed by atoms with E-state index in [0.29, 0.717) is 12.3 Å². The molecular formula is C14H19N3O2. The van der Waals surface area contributed by atoms with E-state index in [9.17, 15) is 4.79 Å². The summed E-state index contributed by atoms with van der Waals surface area (Å²) in [6.07, 6.45) is 3.35. The van der Waals surface area contributed by atoms with E-state index in [-0.39, 0.29) is 5.91 Å². The number of hydrazine groups is 1. The number of hydrogen-bond acceptors (Lipinski definition) is 4. The number of rotatable bonds is 6. The van der Waals surface area contributed by atoms with Crippen molar-refractivity contribution in [1.82, 2.24) is 15.8 Å². The van der Waals surface area contributed by atoms with Crippen molar-refractivity contribution in [2.24, 2.45) is 0 Å². The number of aromatic nitrogens is 1. The third kappa shape index (κ3) is 3.79. The van der Waals surface area contributed by atoms with E-state index in [0.717, 1.165) is 30.4 Å². The zero-order valence-electron chi connectivity index (χ0n) is 11.3. The normalized spacial score (nSPS) is 10.8. The molecule has 5 nitrogen and oxygen atoms in total. The van der Waals surface area contributed by atoms with E-state index in [4.69, 9.17) is 4.42 Å². The van der Waals surface area contributed by atoms with Gasteiger partial charge >= 0.3 is 0 Å². The molecule has 1 amide bonds. The fourth-order valence-electron chi connectivity index (χ4n) is 2.06. The van der Waals surface area contributed by atoms with Gasteiger partial charge in [0.2, 0.25) is 5.91 Å². The number of hydrogen-bond donors (Lipinski definition) is 2. The van der Waals surface area contributed by atoms with Crippen LogP contribution in [0.3, 0.4) is 0 Å². The molecule has 102 valence electrons. The smallest absolute Gasteiger partial charge is 0.234 e. The summed E-state index contributed by atoms with van der Waals surface area (Å²) in [7, 11) is 1.69. The molecule has 0 saturated heterocycles. The molecule has 0 unspecified atom stereocenters. The van der Waals surface area contributed by atoms with Gasteiger partial charge in [0.25, 0.3) is 0 Å². The van der Waals surface area contributed by atoms with Crippen LogP contribution in [-0.4, -0.2) is 17.9 Å². The van der Waals surface area contributed by atoms with E-state index in [1.165, 1.54) is 5.56 Å². The van der Waals surface area contributed by atoms with Crippen molar-refractivity contribution in [3.05, 3.63) is 29.7 Å². The molecule has 0 radical (unpaired) electrons. The lowest BCUT2D eigenvalue weighted by Gasteiger charge is -2.03. The Hall–Kier alpha value is -1.88. The number of carbonyl (C=O) groups excluding carboxylic acids is 1. The average molecular weight is 261 g/mol. The molecule has 1 heterocycles. The topological polar surface area (TPSA) is 67.2 Å². The van der Waals surface area contributed by atoms with Crippen LogP contribution < -0.4 is 10.9 Å². The number of nitrogens with one attached hydrogen (secondary N) is 2. The molecule has 0 spiro atoms. The van der Waals surface area contributed by atoms with E-state index >= 15 is 0 Å². The van der Waals surface area contributed by atoms with Crippen molar-refractivity contribution in [3.8, 4) is 0 Å². The highest BCUT2D eigenvalue weighted by Gasteiger charge is 2.04. The second-order valence-electron chi connectivity index (χ2n) is 4.54. The number of fused-ring (bicyclic) bond motifs is 1. The number of nitrogens with zero attached hydrogens (tertiary/aromatic N) is 1. The first-order valence-electron chi connectivity index (χ1n) is 6.50. The highest BCUT2D eigenvalue weighted by atomic mass is 16.3. The maximum Gasteiger partial charge on any atom is 0.234 e. The Morgan fingerprint density at radius 2 is 2.21 bits per heavy atom. The van der Waals surface area contributed by atoms with Crippen LogP contribution in [0.25, 0.3) is 11.1 Å². The molecule has 0 aliphatic carbocycles. The molecule has 1 aromatic carbocycles. The minimum Gasteiger partial charge on any atom is -0.441 e. The fourth-order valence-corrected chi connectivity index (χ4v) is 2.06. The summed E-state index contributed by atoms with van der Waals surface area (Å²) in [5, 5.41) is 0. The predicted octanol–water partition coefficient (Wildman–Crippen LogP) is 2.10. The second-order valence-corrected chi connectivity index (χ2v) is 4.54. The quantitative estimate of drug-likeness (QED) is 0.617. The third-order valence-electron chi connectivity index (χ3n) is 2.94. The van der Waals surface area contributed by atoms with E-state index < -0.39 is 0 Å². The van der Waals surface area contributed by atoms with Crippen LogP contribution in [0.15, 0.2) is 22.6 Å². The van der Waals surface area contributed by atoms with Crippen LogP contribution in [0.2, 0.25) is 0 Å². The zero-order valence-corrected chi connectivity index (χ0v) is 11.3. The summed E-state index contributed by atoms with van der Waals surface area (Å²) >= 11 is 0. The lowest BCUT2D eigenvalue weighted by molar-refractivity contribution is -0.122. The van der Waals surface area contributed by atoms with Gasteiger partial charge < -0.3 is 4.42 Å². The Balaban J connectivity index is 1.83. The van der Waals surface area contributed by atoms with Gasteiger partial charge in [0.15, 0.2) is 11.5 Å². The average Bonchev–Trinajstić information content (AvgIpc) is 2.74. The van der Waals surface area contributed by atoms with Crippen molar-refractivity contribution in [3.63, 3.8) is 0 Å². The van der Waals surface area contributed by atoms with Crippen molar-refractivity contribution < 1.29 is 9.21 Å². The lowest BCUT2D eigenvalue weighted by atomic mass is 10.1. The highest BCUT2D eigenvalue weighted by molar-refractivity contribution is 5.75. The first kappa shape index (κ1) is 13.5. The number of carbonyl (C=O) groups is 1. The van der Waals surface area contributed by atoms with Gasteiger partial charge in [-0.3, -0.25) is 10.2 Å². The molecular weight excluding hydrogens is 242 g/mol. The summed E-state index contributed by atoms with van der Waals surface area (Å²) in [4.78, 5) is 15.5. The van der Waals surface area contributed by atoms with E-state index in [1.807, 2.05) is 19.1 Å². The van der Waals surface area contributed by atoms with Crippen LogP contribution >= 0.6 is 0 Å². The zero-order chi connectivity index (χ0) is 13.7. The number of unbranched alkanes of at least 4 members (excludes halogenated alkanes) is 1. The predicted molar refractivity (Wildman–Crippen MR) is 73.5 cm³/mol. The SMILES string of the molecule is CNNC(=O)CCCCc1ccc2nc(C)oc2c1.